The molecule has 1 aliphatic heterocycles. The summed E-state index contributed by atoms with van der Waals surface area (Å²) in [6, 6.07) is 9.11. The maximum Gasteiger partial charge on any atom is 0.227 e. The summed E-state index contributed by atoms with van der Waals surface area (Å²) in [5, 5.41) is 18.0. The van der Waals surface area contributed by atoms with Gasteiger partial charge >= 0.3 is 0 Å². The van der Waals surface area contributed by atoms with Crippen LogP contribution in [0.15, 0.2) is 24.3 Å². The summed E-state index contributed by atoms with van der Waals surface area (Å²) in [5.74, 6) is 0.0588. The number of amides is 1. The Kier molecular flexibility index (Phi) is 4.53. The van der Waals surface area contributed by atoms with Gasteiger partial charge in [0, 0.05) is 6.54 Å². The Morgan fingerprint density at radius 3 is 2.74 bits per heavy atom. The van der Waals surface area contributed by atoms with Crippen LogP contribution in [0.25, 0.3) is 0 Å². The summed E-state index contributed by atoms with van der Waals surface area (Å²) in [6.45, 7) is 0.777. The summed E-state index contributed by atoms with van der Waals surface area (Å²) < 4.78 is 0. The Balaban J connectivity index is 2.01. The van der Waals surface area contributed by atoms with E-state index in [0.717, 1.165) is 31.4 Å². The lowest BCUT2D eigenvalue weighted by Gasteiger charge is -2.34. The molecule has 0 spiro atoms. The largest absolute Gasteiger partial charge is 0.394 e. The fraction of sp³-hybridized carbons (Fsp3) is 0.467. The highest BCUT2D eigenvalue weighted by molar-refractivity contribution is 5.79. The highest BCUT2D eigenvalue weighted by Crippen LogP contribution is 2.18. The molecule has 0 saturated carbocycles. The number of aliphatic hydroxyl groups is 1. The Bertz CT molecular complexity index is 476. The van der Waals surface area contributed by atoms with Gasteiger partial charge in [-0.3, -0.25) is 4.79 Å². The van der Waals surface area contributed by atoms with Crippen LogP contribution in [0.1, 0.15) is 30.4 Å². The first-order valence-electron chi connectivity index (χ1n) is 6.64. The average molecular weight is 258 g/mol. The molecule has 1 N–H and O–H groups in total. The molecule has 1 amide bonds. The zero-order valence-corrected chi connectivity index (χ0v) is 10.9. The summed E-state index contributed by atoms with van der Waals surface area (Å²) in [7, 11) is 0. The molecule has 1 heterocycles. The number of carbonyl (C=O) groups is 1. The van der Waals surface area contributed by atoms with Crippen molar-refractivity contribution in [2.45, 2.75) is 31.7 Å². The number of hydrogen-bond acceptors (Lipinski definition) is 3. The van der Waals surface area contributed by atoms with Gasteiger partial charge in [-0.1, -0.05) is 12.1 Å². The van der Waals surface area contributed by atoms with Gasteiger partial charge < -0.3 is 10.0 Å². The van der Waals surface area contributed by atoms with Gasteiger partial charge in [0.05, 0.1) is 30.7 Å². The van der Waals surface area contributed by atoms with E-state index in [1.54, 1.807) is 17.0 Å². The molecule has 4 nitrogen and oxygen atoms in total. The number of carbonyl (C=O) groups excluding carboxylic acids is 1. The molecule has 0 radical (unpaired) electrons. The smallest absolute Gasteiger partial charge is 0.227 e. The molecular formula is C15H18N2O2. The molecule has 1 unspecified atom stereocenters. The summed E-state index contributed by atoms with van der Waals surface area (Å²) in [5.41, 5.74) is 1.51. The molecule has 4 heteroatoms. The first-order valence-corrected chi connectivity index (χ1v) is 6.64. The highest BCUT2D eigenvalue weighted by atomic mass is 16.3. The molecule has 1 aromatic rings. The molecule has 0 bridgehead atoms. The van der Waals surface area contributed by atoms with E-state index >= 15 is 0 Å². The summed E-state index contributed by atoms with van der Waals surface area (Å²) >= 11 is 0. The summed E-state index contributed by atoms with van der Waals surface area (Å²) in [6.07, 6.45) is 3.30. The normalized spacial score (nSPS) is 18.9. The van der Waals surface area contributed by atoms with Crippen molar-refractivity contribution in [3.05, 3.63) is 35.4 Å². The molecule has 19 heavy (non-hydrogen) atoms. The van der Waals surface area contributed by atoms with Crippen LogP contribution in [0.5, 0.6) is 0 Å². The number of likely N-dealkylation sites (tertiary alicyclic amines) is 1. The van der Waals surface area contributed by atoms with E-state index < -0.39 is 0 Å². The molecule has 1 aromatic carbocycles. The molecule has 0 aromatic heterocycles. The van der Waals surface area contributed by atoms with Crippen molar-refractivity contribution in [3.8, 4) is 6.07 Å². The van der Waals surface area contributed by atoms with Gasteiger partial charge in [-0.2, -0.15) is 5.26 Å². The van der Waals surface area contributed by atoms with Gasteiger partial charge in [-0.05, 0) is 37.0 Å². The number of hydrogen-bond donors (Lipinski definition) is 1. The van der Waals surface area contributed by atoms with E-state index in [2.05, 4.69) is 6.07 Å². The van der Waals surface area contributed by atoms with Crippen LogP contribution in [-0.2, 0) is 11.2 Å². The standard InChI is InChI=1S/C15H18N2O2/c16-10-13-6-4-12(5-7-13)9-15(19)17-8-2-1-3-14(17)11-18/h4-7,14,18H,1-3,8-9,11H2. The van der Waals surface area contributed by atoms with Crippen LogP contribution >= 0.6 is 0 Å². The Labute approximate surface area is 113 Å². The van der Waals surface area contributed by atoms with E-state index in [-0.39, 0.29) is 18.6 Å². The number of aliphatic hydroxyl groups excluding tert-OH is 1. The fourth-order valence-electron chi connectivity index (χ4n) is 2.49. The molecule has 100 valence electrons. The molecule has 1 aliphatic rings. The maximum absolute atomic E-state index is 12.2. The predicted molar refractivity (Wildman–Crippen MR) is 71.3 cm³/mol. The molecular weight excluding hydrogens is 240 g/mol. The van der Waals surface area contributed by atoms with E-state index in [4.69, 9.17) is 5.26 Å². The highest BCUT2D eigenvalue weighted by Gasteiger charge is 2.25. The van der Waals surface area contributed by atoms with Crippen molar-refractivity contribution in [1.29, 1.82) is 5.26 Å². The van der Waals surface area contributed by atoms with Crippen LogP contribution < -0.4 is 0 Å². The van der Waals surface area contributed by atoms with Crippen molar-refractivity contribution < 1.29 is 9.90 Å². The third-order valence-electron chi connectivity index (χ3n) is 3.60. The van der Waals surface area contributed by atoms with Gasteiger partial charge in [0.2, 0.25) is 5.91 Å². The van der Waals surface area contributed by atoms with Crippen molar-refractivity contribution in [1.82, 2.24) is 4.90 Å². The Morgan fingerprint density at radius 1 is 1.37 bits per heavy atom. The first kappa shape index (κ1) is 13.6. The fourth-order valence-corrected chi connectivity index (χ4v) is 2.49. The molecule has 0 aliphatic carbocycles. The minimum Gasteiger partial charge on any atom is -0.394 e. The zero-order valence-electron chi connectivity index (χ0n) is 10.9. The number of nitriles is 1. The second kappa shape index (κ2) is 6.35. The van der Waals surface area contributed by atoms with E-state index in [1.807, 2.05) is 12.1 Å². The van der Waals surface area contributed by atoms with Crippen molar-refractivity contribution in [2.75, 3.05) is 13.2 Å². The molecule has 1 atom stereocenters. The summed E-state index contributed by atoms with van der Waals surface area (Å²) in [4.78, 5) is 14.0. The second-order valence-corrected chi connectivity index (χ2v) is 4.90. The lowest BCUT2D eigenvalue weighted by atomic mass is 10.0. The van der Waals surface area contributed by atoms with Crippen molar-refractivity contribution in [3.63, 3.8) is 0 Å². The molecule has 1 fully saturated rings. The quantitative estimate of drug-likeness (QED) is 0.893. The minimum absolute atomic E-state index is 0.0281. The van der Waals surface area contributed by atoms with E-state index in [0.29, 0.717) is 12.0 Å². The van der Waals surface area contributed by atoms with Gasteiger partial charge in [0.1, 0.15) is 0 Å². The van der Waals surface area contributed by atoms with Crippen LogP contribution in [0, 0.1) is 11.3 Å². The van der Waals surface area contributed by atoms with E-state index in [1.165, 1.54) is 0 Å². The predicted octanol–water partition coefficient (Wildman–Crippen LogP) is 1.47. The minimum atomic E-state index is -0.0281. The maximum atomic E-state index is 12.2. The van der Waals surface area contributed by atoms with Crippen molar-refractivity contribution >= 4 is 5.91 Å². The second-order valence-electron chi connectivity index (χ2n) is 4.90. The number of piperidine rings is 1. The lowest BCUT2D eigenvalue weighted by Crippen LogP contribution is -2.46. The van der Waals surface area contributed by atoms with Crippen LogP contribution in [0.3, 0.4) is 0 Å². The van der Waals surface area contributed by atoms with Gasteiger partial charge in [0.25, 0.3) is 0 Å². The third kappa shape index (κ3) is 3.33. The SMILES string of the molecule is N#Cc1ccc(CC(=O)N2CCCCC2CO)cc1. The number of nitrogens with zero attached hydrogens (tertiary/aromatic N) is 2. The van der Waals surface area contributed by atoms with Gasteiger partial charge in [0.15, 0.2) is 0 Å². The van der Waals surface area contributed by atoms with Crippen molar-refractivity contribution in [2.24, 2.45) is 0 Å². The Hall–Kier alpha value is -1.86. The zero-order chi connectivity index (χ0) is 13.7. The molecule has 2 rings (SSSR count). The molecule has 1 saturated heterocycles. The number of benzene rings is 1. The monoisotopic (exact) mass is 258 g/mol. The third-order valence-corrected chi connectivity index (χ3v) is 3.60. The van der Waals surface area contributed by atoms with Crippen LogP contribution in [0.2, 0.25) is 0 Å². The van der Waals surface area contributed by atoms with Crippen LogP contribution in [-0.4, -0.2) is 35.1 Å². The van der Waals surface area contributed by atoms with Gasteiger partial charge in [-0.15, -0.1) is 0 Å². The van der Waals surface area contributed by atoms with Crippen LogP contribution in [0.4, 0.5) is 0 Å². The number of rotatable bonds is 3. The lowest BCUT2D eigenvalue weighted by molar-refractivity contribution is -0.135. The topological polar surface area (TPSA) is 64.3 Å². The first-order chi connectivity index (χ1) is 9.24. The van der Waals surface area contributed by atoms with Gasteiger partial charge in [-0.25, -0.2) is 0 Å². The average Bonchev–Trinajstić information content (AvgIpc) is 2.48. The Morgan fingerprint density at radius 2 is 2.11 bits per heavy atom. The van der Waals surface area contributed by atoms with E-state index in [9.17, 15) is 9.90 Å².